The van der Waals surface area contributed by atoms with Gasteiger partial charge in [0.15, 0.2) is 0 Å². The first-order chi connectivity index (χ1) is 9.36. The highest BCUT2D eigenvalue weighted by molar-refractivity contribution is 7.85. The van der Waals surface area contributed by atoms with Gasteiger partial charge in [0.2, 0.25) is 0 Å². The molecule has 0 radical (unpaired) electrons. The molecule has 3 rings (SSSR count). The molecule has 2 heterocycles. The van der Waals surface area contributed by atoms with Crippen molar-refractivity contribution >= 4 is 42.3 Å². The lowest BCUT2D eigenvalue weighted by atomic mass is 10.1. The van der Waals surface area contributed by atoms with E-state index in [-0.39, 0.29) is 4.90 Å². The average Bonchev–Trinajstić information content (AvgIpc) is 2.82. The third-order valence-electron chi connectivity index (χ3n) is 2.97. The number of thiazole rings is 1. The zero-order valence-electron chi connectivity index (χ0n) is 10.7. The number of hydrogen-bond acceptors (Lipinski definition) is 5. The van der Waals surface area contributed by atoms with Gasteiger partial charge in [-0.2, -0.15) is 8.42 Å². The number of aromatic nitrogens is 1. The molecule has 0 saturated carbocycles. The molecule has 0 amide bonds. The Hall–Kier alpha value is -1.28. The molecule has 0 bridgehead atoms. The monoisotopic (exact) mass is 325 g/mol. The van der Waals surface area contributed by atoms with Crippen molar-refractivity contribution in [3.63, 3.8) is 0 Å². The van der Waals surface area contributed by atoms with Crippen LogP contribution in [-0.4, -0.2) is 18.0 Å². The number of fused-ring (bicyclic) bond motifs is 1. The van der Waals surface area contributed by atoms with Gasteiger partial charge in [0.25, 0.3) is 10.1 Å². The Labute approximate surface area is 124 Å². The largest absolute Gasteiger partial charge is 0.294 e. The fourth-order valence-corrected chi connectivity index (χ4v) is 4.90. The summed E-state index contributed by atoms with van der Waals surface area (Å²) in [5.74, 6) is 0. The third kappa shape index (κ3) is 2.26. The van der Waals surface area contributed by atoms with Crippen LogP contribution >= 0.6 is 22.7 Å². The van der Waals surface area contributed by atoms with Gasteiger partial charge >= 0.3 is 0 Å². The van der Waals surface area contributed by atoms with Gasteiger partial charge in [-0.05, 0) is 31.5 Å². The normalized spacial score (nSPS) is 12.2. The summed E-state index contributed by atoms with van der Waals surface area (Å²) in [6, 6.07) is 6.27. The second-order valence-electron chi connectivity index (χ2n) is 4.40. The van der Waals surface area contributed by atoms with Crippen molar-refractivity contribution in [3.8, 4) is 11.1 Å². The van der Waals surface area contributed by atoms with Crippen LogP contribution in [0.4, 0.5) is 0 Å². The molecule has 104 valence electrons. The Kier molecular flexibility index (Phi) is 3.17. The maximum Gasteiger partial charge on any atom is 0.294 e. The van der Waals surface area contributed by atoms with Crippen LogP contribution in [0, 0.1) is 13.8 Å². The molecule has 0 aliphatic rings. The van der Waals surface area contributed by atoms with Crippen molar-refractivity contribution < 1.29 is 13.0 Å². The summed E-state index contributed by atoms with van der Waals surface area (Å²) >= 11 is 3.27. The molecule has 0 atom stereocenters. The van der Waals surface area contributed by atoms with Gasteiger partial charge < -0.3 is 0 Å². The first-order valence-electron chi connectivity index (χ1n) is 5.81. The molecule has 20 heavy (non-hydrogen) atoms. The standard InChI is InChI=1S/C13H11NO3S3/c1-7-11(12-13(18-7)14-8(2)19-12)9-3-5-10(6-4-9)20(15,16)17/h3-6H,1-2H3,(H,15,16,17). The molecule has 1 N–H and O–H groups in total. The van der Waals surface area contributed by atoms with Crippen molar-refractivity contribution in [1.82, 2.24) is 4.98 Å². The summed E-state index contributed by atoms with van der Waals surface area (Å²) in [7, 11) is -4.14. The van der Waals surface area contributed by atoms with Crippen LogP contribution in [-0.2, 0) is 10.1 Å². The molecule has 4 nitrogen and oxygen atoms in total. The molecule has 1 aromatic carbocycles. The third-order valence-corrected chi connectivity index (χ3v) is 5.96. The summed E-state index contributed by atoms with van der Waals surface area (Å²) in [5.41, 5.74) is 2.03. The molecule has 0 saturated heterocycles. The lowest BCUT2D eigenvalue weighted by Gasteiger charge is -2.02. The van der Waals surface area contributed by atoms with Crippen molar-refractivity contribution in [2.75, 3.05) is 0 Å². The summed E-state index contributed by atoms with van der Waals surface area (Å²) in [5, 5.41) is 1.02. The van der Waals surface area contributed by atoms with Gasteiger partial charge in [-0.1, -0.05) is 12.1 Å². The molecular weight excluding hydrogens is 314 g/mol. The van der Waals surface area contributed by atoms with Crippen LogP contribution in [0.3, 0.4) is 0 Å². The van der Waals surface area contributed by atoms with E-state index in [1.807, 2.05) is 13.8 Å². The quantitative estimate of drug-likeness (QED) is 0.726. The molecule has 3 aromatic rings. The molecule has 2 aromatic heterocycles. The summed E-state index contributed by atoms with van der Waals surface area (Å²) < 4.78 is 32.3. The second kappa shape index (κ2) is 4.63. The average molecular weight is 325 g/mol. The summed E-state index contributed by atoms with van der Waals surface area (Å²) in [6.45, 7) is 4.00. The Morgan fingerprint density at radius 1 is 1.10 bits per heavy atom. The summed E-state index contributed by atoms with van der Waals surface area (Å²) in [4.78, 5) is 6.55. The van der Waals surface area contributed by atoms with E-state index in [9.17, 15) is 8.42 Å². The molecule has 0 spiro atoms. The van der Waals surface area contributed by atoms with Crippen LogP contribution in [0.25, 0.3) is 20.7 Å². The van der Waals surface area contributed by atoms with Crippen molar-refractivity contribution in [2.24, 2.45) is 0 Å². The lowest BCUT2D eigenvalue weighted by molar-refractivity contribution is 0.483. The van der Waals surface area contributed by atoms with E-state index in [4.69, 9.17) is 4.55 Å². The molecule has 0 unspecified atom stereocenters. The van der Waals surface area contributed by atoms with E-state index in [1.54, 1.807) is 34.8 Å². The minimum Gasteiger partial charge on any atom is -0.282 e. The Balaban J connectivity index is 2.18. The van der Waals surface area contributed by atoms with E-state index in [1.165, 1.54) is 12.1 Å². The number of nitrogens with zero attached hydrogens (tertiary/aromatic N) is 1. The minimum atomic E-state index is -4.14. The highest BCUT2D eigenvalue weighted by atomic mass is 32.2. The zero-order chi connectivity index (χ0) is 14.5. The first kappa shape index (κ1) is 13.7. The summed E-state index contributed by atoms with van der Waals surface area (Å²) in [6.07, 6.45) is 0. The predicted molar refractivity (Wildman–Crippen MR) is 82.2 cm³/mol. The van der Waals surface area contributed by atoms with Gasteiger partial charge in [-0.15, -0.1) is 22.7 Å². The molecular formula is C13H11NO3S3. The van der Waals surface area contributed by atoms with Crippen LogP contribution in [0.2, 0.25) is 0 Å². The number of thiophene rings is 1. The topological polar surface area (TPSA) is 67.3 Å². The Morgan fingerprint density at radius 2 is 1.75 bits per heavy atom. The van der Waals surface area contributed by atoms with Gasteiger partial charge in [-0.25, -0.2) is 4.98 Å². The van der Waals surface area contributed by atoms with Crippen molar-refractivity contribution in [2.45, 2.75) is 18.7 Å². The van der Waals surface area contributed by atoms with E-state index in [2.05, 4.69) is 4.98 Å². The van der Waals surface area contributed by atoms with Gasteiger partial charge in [0.05, 0.1) is 14.6 Å². The van der Waals surface area contributed by atoms with E-state index in [0.717, 1.165) is 30.5 Å². The van der Waals surface area contributed by atoms with Gasteiger partial charge in [-0.3, -0.25) is 4.55 Å². The number of rotatable bonds is 2. The van der Waals surface area contributed by atoms with Crippen molar-refractivity contribution in [3.05, 3.63) is 34.2 Å². The number of benzene rings is 1. The number of hydrogen-bond donors (Lipinski definition) is 1. The molecule has 0 fully saturated rings. The predicted octanol–water partition coefficient (Wildman–Crippen LogP) is 3.89. The van der Waals surface area contributed by atoms with Crippen LogP contribution in [0.15, 0.2) is 29.2 Å². The highest BCUT2D eigenvalue weighted by Gasteiger charge is 2.16. The first-order valence-corrected chi connectivity index (χ1v) is 8.88. The van der Waals surface area contributed by atoms with E-state index in [0.29, 0.717) is 0 Å². The Bertz CT molecular complexity index is 889. The zero-order valence-corrected chi connectivity index (χ0v) is 13.2. The van der Waals surface area contributed by atoms with Gasteiger partial charge in [0, 0.05) is 10.4 Å². The fraction of sp³-hybridized carbons (Fsp3) is 0.154. The molecule has 7 heteroatoms. The number of aryl methyl sites for hydroxylation is 2. The van der Waals surface area contributed by atoms with Crippen LogP contribution < -0.4 is 0 Å². The van der Waals surface area contributed by atoms with Crippen LogP contribution in [0.1, 0.15) is 9.88 Å². The van der Waals surface area contributed by atoms with E-state index < -0.39 is 10.1 Å². The molecule has 0 aliphatic carbocycles. The maximum absolute atomic E-state index is 11.1. The smallest absolute Gasteiger partial charge is 0.282 e. The SMILES string of the molecule is Cc1nc2sc(C)c(-c3ccc(S(=O)(=O)O)cc3)c2s1. The molecule has 0 aliphatic heterocycles. The highest BCUT2D eigenvalue weighted by Crippen LogP contribution is 2.41. The fourth-order valence-electron chi connectivity index (χ4n) is 2.12. The van der Waals surface area contributed by atoms with Crippen LogP contribution in [0.5, 0.6) is 0 Å². The maximum atomic E-state index is 11.1. The lowest BCUT2D eigenvalue weighted by Crippen LogP contribution is -1.97. The van der Waals surface area contributed by atoms with Crippen molar-refractivity contribution in [1.29, 1.82) is 0 Å². The second-order valence-corrected chi connectivity index (χ2v) is 8.23. The van der Waals surface area contributed by atoms with Gasteiger partial charge in [0.1, 0.15) is 4.83 Å². The minimum absolute atomic E-state index is 0.0918. The Morgan fingerprint density at radius 3 is 2.35 bits per heavy atom. The van der Waals surface area contributed by atoms with E-state index >= 15 is 0 Å².